The molecule has 0 bridgehead atoms. The highest BCUT2D eigenvalue weighted by atomic mass is 19.4. The summed E-state index contributed by atoms with van der Waals surface area (Å²) in [5.41, 5.74) is -6.80. The molecule has 9 heteroatoms. The summed E-state index contributed by atoms with van der Waals surface area (Å²) in [5, 5.41) is 20.8. The summed E-state index contributed by atoms with van der Waals surface area (Å²) in [7, 11) is -1.36. The zero-order valence-electron chi connectivity index (χ0n) is 18.1. The van der Waals surface area contributed by atoms with Crippen LogP contribution in [-0.4, -0.2) is 46.0 Å². The average molecular weight is 418 g/mol. The number of hydrogen-bond donors (Lipinski definition) is 2. The summed E-state index contributed by atoms with van der Waals surface area (Å²) in [4.78, 5) is 11.0. The topological polar surface area (TPSA) is 76.0 Å². The van der Waals surface area contributed by atoms with E-state index in [1.54, 1.807) is 27.7 Å². The number of carbonyl (C=O) groups excluding carboxylic acids is 1. The Morgan fingerprint density at radius 3 is 1.59 bits per heavy atom. The zero-order valence-corrected chi connectivity index (χ0v) is 18.1. The van der Waals surface area contributed by atoms with Crippen LogP contribution in [-0.2, 0) is 15.5 Å². The van der Waals surface area contributed by atoms with Crippen LogP contribution in [0.2, 0.25) is 0 Å². The maximum absolute atomic E-state index is 13.4. The van der Waals surface area contributed by atoms with Crippen LogP contribution in [0.25, 0.3) is 0 Å². The SMILES string of the molecule is CC(C)(O)C(C)(C)OB(OC(C)(C)C(C)(C)O)c1ccc(C=O)c(C(F)(F)F)c1. The predicted molar refractivity (Wildman–Crippen MR) is 105 cm³/mol. The first kappa shape index (κ1) is 25.6. The molecule has 1 aromatic rings. The summed E-state index contributed by atoms with van der Waals surface area (Å²) in [5.74, 6) is 0. The number of aliphatic hydroxyl groups is 2. The van der Waals surface area contributed by atoms with Gasteiger partial charge in [-0.25, -0.2) is 0 Å². The smallest absolute Gasteiger partial charge is 0.399 e. The van der Waals surface area contributed by atoms with E-state index in [4.69, 9.17) is 9.31 Å². The van der Waals surface area contributed by atoms with Crippen molar-refractivity contribution in [1.82, 2.24) is 0 Å². The van der Waals surface area contributed by atoms with Gasteiger partial charge in [0.25, 0.3) is 0 Å². The first-order valence-electron chi connectivity index (χ1n) is 9.19. The van der Waals surface area contributed by atoms with Gasteiger partial charge in [0.1, 0.15) is 0 Å². The van der Waals surface area contributed by atoms with Crippen molar-refractivity contribution in [2.45, 2.75) is 84.0 Å². The molecule has 0 saturated carbocycles. The molecular weight excluding hydrogens is 388 g/mol. The molecule has 1 rings (SSSR count). The van der Waals surface area contributed by atoms with E-state index in [1.165, 1.54) is 33.8 Å². The Balaban J connectivity index is 3.55. The highest BCUT2D eigenvalue weighted by molar-refractivity contribution is 6.61. The third kappa shape index (κ3) is 6.04. The Morgan fingerprint density at radius 1 is 0.862 bits per heavy atom. The Kier molecular flexibility index (Phi) is 7.08. The molecule has 0 saturated heterocycles. The number of halogens is 3. The quantitative estimate of drug-likeness (QED) is 0.500. The van der Waals surface area contributed by atoms with E-state index >= 15 is 0 Å². The first-order valence-corrected chi connectivity index (χ1v) is 9.19. The minimum absolute atomic E-state index is 0.00225. The Morgan fingerprint density at radius 2 is 1.28 bits per heavy atom. The van der Waals surface area contributed by atoms with Crippen molar-refractivity contribution in [3.63, 3.8) is 0 Å². The molecule has 0 aliphatic heterocycles. The number of benzene rings is 1. The van der Waals surface area contributed by atoms with Crippen molar-refractivity contribution < 1.29 is 37.5 Å². The fraction of sp³-hybridized carbons (Fsp3) is 0.650. The van der Waals surface area contributed by atoms with E-state index in [1.807, 2.05) is 0 Å². The normalized spacial score (nSPS) is 14.1. The standard InChI is InChI=1S/C20H30BF3O5/c1-16(2,26)18(5,6)28-21(29-19(7,8)17(3,4)27)14-10-9-13(12-25)15(11-14)20(22,23)24/h9-12,26-27H,1-8H3. The predicted octanol–water partition coefficient (Wildman–Crippen LogP) is 3.35. The molecule has 29 heavy (non-hydrogen) atoms. The van der Waals surface area contributed by atoms with Gasteiger partial charge in [-0.3, -0.25) is 4.79 Å². The minimum atomic E-state index is -4.76. The van der Waals surface area contributed by atoms with E-state index in [0.717, 1.165) is 12.1 Å². The van der Waals surface area contributed by atoms with Gasteiger partial charge in [0, 0.05) is 5.56 Å². The van der Waals surface area contributed by atoms with Gasteiger partial charge in [-0.05, 0) is 66.9 Å². The second-order valence-electron chi connectivity index (χ2n) is 9.17. The fourth-order valence-electron chi connectivity index (χ4n) is 2.05. The third-order valence-electron chi connectivity index (χ3n) is 5.53. The second kappa shape index (κ2) is 8.02. The van der Waals surface area contributed by atoms with E-state index < -0.39 is 46.8 Å². The Bertz CT molecular complexity index is 703. The molecule has 0 spiro atoms. The molecule has 0 aliphatic rings. The summed E-state index contributed by atoms with van der Waals surface area (Å²) in [6.45, 7) is 12.3. The van der Waals surface area contributed by atoms with Crippen LogP contribution in [0, 0.1) is 0 Å². The van der Waals surface area contributed by atoms with Gasteiger partial charge in [0.2, 0.25) is 0 Å². The van der Waals surface area contributed by atoms with Crippen LogP contribution in [0.3, 0.4) is 0 Å². The van der Waals surface area contributed by atoms with Crippen LogP contribution >= 0.6 is 0 Å². The van der Waals surface area contributed by atoms with Crippen molar-refractivity contribution in [3.8, 4) is 0 Å². The van der Waals surface area contributed by atoms with E-state index in [9.17, 15) is 28.2 Å². The number of rotatable bonds is 8. The molecule has 0 fully saturated rings. The maximum Gasteiger partial charge on any atom is 0.494 e. The highest BCUT2D eigenvalue weighted by Crippen LogP contribution is 2.33. The highest BCUT2D eigenvalue weighted by Gasteiger charge is 2.46. The number of alkyl halides is 3. The molecule has 2 N–H and O–H groups in total. The summed E-state index contributed by atoms with van der Waals surface area (Å²) in [6, 6.07) is 3.12. The van der Waals surface area contributed by atoms with Crippen LogP contribution in [0.1, 0.15) is 71.3 Å². The minimum Gasteiger partial charge on any atom is -0.399 e. The molecule has 0 aromatic heterocycles. The van der Waals surface area contributed by atoms with Crippen LogP contribution in [0.5, 0.6) is 0 Å². The monoisotopic (exact) mass is 418 g/mol. The van der Waals surface area contributed by atoms with E-state index in [2.05, 4.69) is 0 Å². The number of aldehydes is 1. The second-order valence-corrected chi connectivity index (χ2v) is 9.17. The van der Waals surface area contributed by atoms with Gasteiger partial charge in [-0.1, -0.05) is 12.1 Å². The number of carbonyl (C=O) groups is 1. The molecule has 0 radical (unpaired) electrons. The summed E-state index contributed by atoms with van der Waals surface area (Å²) >= 11 is 0. The molecule has 5 nitrogen and oxygen atoms in total. The Labute approximate surface area is 170 Å². The van der Waals surface area contributed by atoms with Crippen molar-refractivity contribution >= 4 is 18.9 Å². The molecule has 0 aliphatic carbocycles. The molecule has 0 atom stereocenters. The molecule has 0 amide bonds. The number of hydrogen-bond acceptors (Lipinski definition) is 5. The van der Waals surface area contributed by atoms with Crippen LogP contribution < -0.4 is 5.46 Å². The van der Waals surface area contributed by atoms with Crippen molar-refractivity contribution in [2.24, 2.45) is 0 Å². The van der Waals surface area contributed by atoms with E-state index in [0.29, 0.717) is 0 Å². The Hall–Kier alpha value is -1.42. The molecular formula is C20H30BF3O5. The first-order chi connectivity index (χ1) is 12.7. The van der Waals surface area contributed by atoms with Crippen LogP contribution in [0.15, 0.2) is 18.2 Å². The third-order valence-corrected chi connectivity index (χ3v) is 5.53. The van der Waals surface area contributed by atoms with Gasteiger partial charge in [-0.2, -0.15) is 13.2 Å². The fourth-order valence-corrected chi connectivity index (χ4v) is 2.05. The molecule has 0 unspecified atom stereocenters. The summed E-state index contributed by atoms with van der Waals surface area (Å²) in [6.07, 6.45) is -4.63. The summed E-state index contributed by atoms with van der Waals surface area (Å²) < 4.78 is 52.1. The molecule has 1 aromatic carbocycles. The molecule has 164 valence electrons. The lowest BCUT2D eigenvalue weighted by Crippen LogP contribution is -2.59. The van der Waals surface area contributed by atoms with Gasteiger partial charge < -0.3 is 19.5 Å². The van der Waals surface area contributed by atoms with Crippen molar-refractivity contribution in [1.29, 1.82) is 0 Å². The molecule has 0 heterocycles. The maximum atomic E-state index is 13.4. The van der Waals surface area contributed by atoms with Gasteiger partial charge >= 0.3 is 13.3 Å². The largest absolute Gasteiger partial charge is 0.494 e. The average Bonchev–Trinajstić information content (AvgIpc) is 2.50. The lowest BCUT2D eigenvalue weighted by Gasteiger charge is -2.43. The van der Waals surface area contributed by atoms with Gasteiger partial charge in [0.05, 0.1) is 28.0 Å². The van der Waals surface area contributed by atoms with Crippen molar-refractivity contribution in [3.05, 3.63) is 29.3 Å². The van der Waals surface area contributed by atoms with Crippen molar-refractivity contribution in [2.75, 3.05) is 0 Å². The van der Waals surface area contributed by atoms with Crippen LogP contribution in [0.4, 0.5) is 13.2 Å². The van der Waals surface area contributed by atoms with Gasteiger partial charge in [0.15, 0.2) is 6.29 Å². The van der Waals surface area contributed by atoms with E-state index in [-0.39, 0.29) is 11.7 Å². The lowest BCUT2D eigenvalue weighted by molar-refractivity contribution is -0.138. The lowest BCUT2D eigenvalue weighted by atomic mass is 9.73. The van der Waals surface area contributed by atoms with Gasteiger partial charge in [-0.15, -0.1) is 0 Å². The zero-order chi connectivity index (χ0) is 23.1.